The largest absolute Gasteiger partial charge is 0.362 e. The van der Waals surface area contributed by atoms with Crippen molar-refractivity contribution < 1.29 is 14.4 Å². The molecule has 0 bridgehead atoms. The number of fused-ring (bicyclic) bond motifs is 1. The van der Waals surface area contributed by atoms with Crippen molar-refractivity contribution in [2.75, 3.05) is 16.3 Å². The second kappa shape index (κ2) is 8.87. The predicted octanol–water partition coefficient (Wildman–Crippen LogP) is 5.84. The van der Waals surface area contributed by atoms with Crippen molar-refractivity contribution in [3.63, 3.8) is 0 Å². The Hall–Kier alpha value is -3.19. The fraction of sp³-hybridized carbons (Fsp3) is 0.296. The van der Waals surface area contributed by atoms with Gasteiger partial charge in [0.15, 0.2) is 0 Å². The average molecular weight is 522 g/mol. The van der Waals surface area contributed by atoms with E-state index in [1.807, 2.05) is 13.0 Å². The molecule has 2 aliphatic rings. The number of barbiturate groups is 1. The van der Waals surface area contributed by atoms with E-state index in [9.17, 15) is 14.4 Å². The average Bonchev–Trinajstić information content (AvgIpc) is 2.74. The van der Waals surface area contributed by atoms with Crippen LogP contribution in [0, 0.1) is 6.92 Å². The third-order valence-electron chi connectivity index (χ3n) is 6.28. The van der Waals surface area contributed by atoms with Gasteiger partial charge in [-0.25, -0.2) is 9.69 Å². The van der Waals surface area contributed by atoms with E-state index in [2.05, 4.69) is 66.0 Å². The smallest absolute Gasteiger partial charge is 0.335 e. The predicted molar refractivity (Wildman–Crippen MR) is 140 cm³/mol. The van der Waals surface area contributed by atoms with Crippen LogP contribution in [0.3, 0.4) is 0 Å². The number of carbonyl (C=O) groups is 3. The van der Waals surface area contributed by atoms with Gasteiger partial charge in [0.05, 0.1) is 11.2 Å². The summed E-state index contributed by atoms with van der Waals surface area (Å²) in [5, 5.41) is 2.30. The van der Waals surface area contributed by atoms with Crippen LogP contribution in [0.2, 0.25) is 0 Å². The lowest BCUT2D eigenvalue weighted by atomic mass is 9.86. The topological polar surface area (TPSA) is 69.7 Å². The van der Waals surface area contributed by atoms with Gasteiger partial charge in [0.1, 0.15) is 5.57 Å². The number of rotatable bonds is 4. The monoisotopic (exact) mass is 521 g/mol. The van der Waals surface area contributed by atoms with Gasteiger partial charge >= 0.3 is 6.03 Å². The maximum absolute atomic E-state index is 13.3. The minimum absolute atomic E-state index is 0.0780. The van der Waals surface area contributed by atoms with E-state index in [4.69, 9.17) is 0 Å². The van der Waals surface area contributed by atoms with Gasteiger partial charge in [-0.15, -0.1) is 0 Å². The van der Waals surface area contributed by atoms with Crippen LogP contribution in [0.1, 0.15) is 50.8 Å². The number of nitrogens with zero attached hydrogens (tertiary/aromatic N) is 2. The highest BCUT2D eigenvalue weighted by atomic mass is 79.9. The number of imide groups is 2. The first-order valence-electron chi connectivity index (χ1n) is 11.3. The number of nitrogens with one attached hydrogen (secondary N) is 1. The normalized spacial score (nSPS) is 18.7. The number of anilines is 2. The zero-order valence-corrected chi connectivity index (χ0v) is 21.6. The first-order chi connectivity index (χ1) is 16.0. The highest BCUT2D eigenvalue weighted by Crippen LogP contribution is 2.41. The number of allylic oxidation sites excluding steroid dienone is 1. The molecular weight excluding hydrogens is 494 g/mol. The fourth-order valence-corrected chi connectivity index (χ4v) is 5.08. The second-order valence-electron chi connectivity index (χ2n) is 9.30. The molecule has 1 fully saturated rings. The van der Waals surface area contributed by atoms with Crippen LogP contribution in [0.5, 0.6) is 0 Å². The Bertz CT molecular complexity index is 1280. The van der Waals surface area contributed by atoms with Gasteiger partial charge in [-0.2, -0.15) is 0 Å². The van der Waals surface area contributed by atoms with E-state index >= 15 is 0 Å². The summed E-state index contributed by atoms with van der Waals surface area (Å²) in [5.74, 6) is -1.34. The van der Waals surface area contributed by atoms with Crippen molar-refractivity contribution in [3.05, 3.63) is 69.2 Å². The number of benzene rings is 2. The number of amides is 4. The van der Waals surface area contributed by atoms with E-state index in [-0.39, 0.29) is 11.1 Å². The van der Waals surface area contributed by atoms with Crippen LogP contribution >= 0.6 is 15.9 Å². The van der Waals surface area contributed by atoms with Gasteiger partial charge in [-0.1, -0.05) is 35.0 Å². The molecular formula is C27H28BrN3O3. The standard InChI is InChI=1S/C27H28BrN3O3/c1-6-10-30-23-11-16(2)18(12-21(23)17(3)15-27(30,4)5)13-22-24(32)29-26(34)31(25(22)33)20-9-7-8-19(28)14-20/h7-9,11-15H,6,10H2,1-5H3,(H,29,32,34)/b22-13-. The maximum atomic E-state index is 13.3. The van der Waals surface area contributed by atoms with Gasteiger partial charge in [-0.3, -0.25) is 14.9 Å². The van der Waals surface area contributed by atoms with Crippen molar-refractivity contribution in [3.8, 4) is 0 Å². The molecule has 2 aromatic carbocycles. The number of halogens is 1. The second-order valence-corrected chi connectivity index (χ2v) is 10.2. The van der Waals surface area contributed by atoms with Crippen LogP contribution < -0.4 is 15.1 Å². The summed E-state index contributed by atoms with van der Waals surface area (Å²) < 4.78 is 0.723. The number of urea groups is 1. The molecule has 6 nitrogen and oxygen atoms in total. The van der Waals surface area contributed by atoms with Crippen molar-refractivity contribution in [1.82, 2.24) is 5.32 Å². The lowest BCUT2D eigenvalue weighted by Gasteiger charge is -2.43. The molecule has 4 amide bonds. The summed E-state index contributed by atoms with van der Waals surface area (Å²) in [6.07, 6.45) is 4.86. The number of aryl methyl sites for hydroxylation is 1. The van der Waals surface area contributed by atoms with Crippen molar-refractivity contribution >= 4 is 56.8 Å². The quantitative estimate of drug-likeness (QED) is 0.405. The zero-order valence-electron chi connectivity index (χ0n) is 20.0. The molecule has 4 rings (SSSR count). The molecule has 2 aliphatic heterocycles. The third kappa shape index (κ3) is 4.20. The lowest BCUT2D eigenvalue weighted by Crippen LogP contribution is -2.54. The van der Waals surface area contributed by atoms with E-state index in [1.165, 1.54) is 0 Å². The highest BCUT2D eigenvalue weighted by Gasteiger charge is 2.37. The molecule has 0 radical (unpaired) electrons. The van der Waals surface area contributed by atoms with Gasteiger partial charge in [0, 0.05) is 22.3 Å². The lowest BCUT2D eigenvalue weighted by molar-refractivity contribution is -0.122. The van der Waals surface area contributed by atoms with E-state index in [0.717, 1.165) is 50.3 Å². The van der Waals surface area contributed by atoms with Crippen LogP contribution in [-0.4, -0.2) is 29.9 Å². The maximum Gasteiger partial charge on any atom is 0.335 e. The van der Waals surface area contributed by atoms with Crippen molar-refractivity contribution in [1.29, 1.82) is 0 Å². The molecule has 0 aromatic heterocycles. The molecule has 0 unspecified atom stereocenters. The summed E-state index contributed by atoms with van der Waals surface area (Å²) in [6.45, 7) is 11.6. The molecule has 0 saturated carbocycles. The molecule has 0 spiro atoms. The van der Waals surface area contributed by atoms with Crippen molar-refractivity contribution in [2.24, 2.45) is 0 Å². The number of hydrogen-bond acceptors (Lipinski definition) is 4. The van der Waals surface area contributed by atoms with Crippen LogP contribution in [0.15, 0.2) is 52.5 Å². The Balaban J connectivity index is 1.79. The fourth-order valence-electron chi connectivity index (χ4n) is 4.69. The summed E-state index contributed by atoms with van der Waals surface area (Å²) in [6, 6.07) is 10.2. The SMILES string of the molecule is CCCN1c2cc(C)c(/C=C3/C(=O)NC(=O)N(c4cccc(Br)c4)C3=O)cc2C(C)=CC1(C)C. The van der Waals surface area contributed by atoms with Gasteiger partial charge in [0.2, 0.25) is 0 Å². The summed E-state index contributed by atoms with van der Waals surface area (Å²) >= 11 is 3.36. The summed E-state index contributed by atoms with van der Waals surface area (Å²) in [4.78, 5) is 41.8. The highest BCUT2D eigenvalue weighted by molar-refractivity contribution is 9.10. The Morgan fingerprint density at radius 1 is 1.09 bits per heavy atom. The van der Waals surface area contributed by atoms with E-state index in [0.29, 0.717) is 5.69 Å². The summed E-state index contributed by atoms with van der Waals surface area (Å²) in [7, 11) is 0. The number of carbonyl (C=O) groups excluding carboxylic acids is 3. The Kier molecular flexibility index (Phi) is 6.25. The molecule has 7 heteroatoms. The molecule has 1 N–H and O–H groups in total. The first-order valence-corrected chi connectivity index (χ1v) is 12.1. The van der Waals surface area contributed by atoms with Gasteiger partial charge < -0.3 is 4.90 Å². The van der Waals surface area contributed by atoms with Crippen molar-refractivity contribution in [2.45, 2.75) is 46.6 Å². The molecule has 0 atom stereocenters. The molecule has 0 aliphatic carbocycles. The molecule has 34 heavy (non-hydrogen) atoms. The minimum Gasteiger partial charge on any atom is -0.362 e. The van der Waals surface area contributed by atoms with E-state index < -0.39 is 17.8 Å². The summed E-state index contributed by atoms with van der Waals surface area (Å²) in [5.41, 5.74) is 5.29. The zero-order chi connectivity index (χ0) is 24.8. The van der Waals surface area contributed by atoms with E-state index in [1.54, 1.807) is 30.3 Å². The van der Waals surface area contributed by atoms with Crippen LogP contribution in [0.25, 0.3) is 11.6 Å². The third-order valence-corrected chi connectivity index (χ3v) is 6.77. The molecule has 2 aromatic rings. The van der Waals surface area contributed by atoms with Gasteiger partial charge in [0.25, 0.3) is 11.8 Å². The Morgan fingerprint density at radius 2 is 1.82 bits per heavy atom. The van der Waals surface area contributed by atoms with Crippen LogP contribution in [0.4, 0.5) is 16.2 Å². The Morgan fingerprint density at radius 3 is 2.50 bits per heavy atom. The molecule has 176 valence electrons. The minimum atomic E-state index is -0.761. The first kappa shape index (κ1) is 24.0. The number of hydrogen-bond donors (Lipinski definition) is 1. The Labute approximate surface area is 208 Å². The molecule has 2 heterocycles. The molecule has 1 saturated heterocycles. The van der Waals surface area contributed by atoms with Gasteiger partial charge in [-0.05, 0) is 87.2 Å². The van der Waals surface area contributed by atoms with Crippen LogP contribution in [-0.2, 0) is 9.59 Å².